The van der Waals surface area contributed by atoms with Gasteiger partial charge in [0.25, 0.3) is 5.91 Å². The lowest BCUT2D eigenvalue weighted by molar-refractivity contribution is -0.138. The Kier molecular flexibility index (Phi) is 11.6. The van der Waals surface area contributed by atoms with Crippen molar-refractivity contribution in [2.24, 2.45) is 5.92 Å². The number of nitrogens with one attached hydrogen (secondary N) is 5. The van der Waals surface area contributed by atoms with Crippen LogP contribution in [0.15, 0.2) is 24.3 Å². The van der Waals surface area contributed by atoms with E-state index in [-0.39, 0.29) is 48.8 Å². The van der Waals surface area contributed by atoms with E-state index in [1.807, 2.05) is 13.8 Å². The molecule has 1 aromatic carbocycles. The lowest BCUT2D eigenvalue weighted by Gasteiger charge is -2.38. The molecule has 2 heterocycles. The largest absolute Gasteiger partial charge is 0.491 e. The highest BCUT2D eigenvalue weighted by Crippen LogP contribution is 2.29. The molecule has 44 heavy (non-hydrogen) atoms. The molecule has 3 atom stereocenters. The van der Waals surface area contributed by atoms with E-state index in [0.29, 0.717) is 19.4 Å². The van der Waals surface area contributed by atoms with Crippen molar-refractivity contribution in [3.63, 3.8) is 0 Å². The van der Waals surface area contributed by atoms with E-state index in [9.17, 15) is 24.0 Å². The quantitative estimate of drug-likeness (QED) is 0.335. The first-order valence-electron chi connectivity index (χ1n) is 16.1. The second kappa shape index (κ2) is 15.4. The van der Waals surface area contributed by atoms with Crippen LogP contribution in [0.4, 0.5) is 0 Å². The molecule has 4 rings (SSSR count). The van der Waals surface area contributed by atoms with Crippen LogP contribution in [0.2, 0.25) is 0 Å². The fraction of sp³-hybridized carbons (Fsp3) is 0.656. The Bertz CT molecular complexity index is 1200. The second-order valence-corrected chi connectivity index (χ2v) is 12.4. The molecule has 0 unspecified atom stereocenters. The van der Waals surface area contributed by atoms with Gasteiger partial charge < -0.3 is 31.3 Å². The number of carbonyl (C=O) groups excluding carboxylic acids is 5. The van der Waals surface area contributed by atoms with Crippen molar-refractivity contribution in [1.82, 2.24) is 31.5 Å². The molecule has 1 aromatic rings. The third kappa shape index (κ3) is 8.28. The highest BCUT2D eigenvalue weighted by molar-refractivity contribution is 6.01. The molecular formula is C32H48N6O6. The number of hydrogen-bond donors (Lipinski definition) is 5. The van der Waals surface area contributed by atoms with Crippen LogP contribution in [0.3, 0.4) is 0 Å². The minimum absolute atomic E-state index is 0.0814. The Labute approximate surface area is 259 Å². The van der Waals surface area contributed by atoms with Crippen LogP contribution in [-0.4, -0.2) is 90.9 Å². The molecule has 2 aliphatic heterocycles. The minimum Gasteiger partial charge on any atom is -0.491 e. The monoisotopic (exact) mass is 612 g/mol. The highest BCUT2D eigenvalue weighted by atomic mass is 16.5. The summed E-state index contributed by atoms with van der Waals surface area (Å²) in [6.07, 6.45) is 4.87. The number of amides is 5. The van der Waals surface area contributed by atoms with Gasteiger partial charge in [-0.25, -0.2) is 0 Å². The number of carbonyl (C=O) groups is 5. The van der Waals surface area contributed by atoms with Crippen LogP contribution in [0, 0.1) is 5.92 Å². The van der Waals surface area contributed by atoms with Crippen LogP contribution in [0.5, 0.6) is 5.75 Å². The number of rotatable bonds is 5. The van der Waals surface area contributed by atoms with Crippen LogP contribution >= 0.6 is 0 Å². The van der Waals surface area contributed by atoms with Crippen LogP contribution in [0.1, 0.15) is 82.5 Å². The van der Waals surface area contributed by atoms with Gasteiger partial charge in [0, 0.05) is 12.6 Å². The van der Waals surface area contributed by atoms with Gasteiger partial charge in [0.15, 0.2) is 0 Å². The smallest absolute Gasteiger partial charge is 0.255 e. The summed E-state index contributed by atoms with van der Waals surface area (Å²) in [5, 5.41) is 14.4. The van der Waals surface area contributed by atoms with E-state index in [2.05, 4.69) is 38.4 Å². The van der Waals surface area contributed by atoms with Crippen molar-refractivity contribution in [3.05, 3.63) is 29.8 Å². The Balaban J connectivity index is 1.62. The molecule has 0 bridgehead atoms. The van der Waals surface area contributed by atoms with Crippen LogP contribution in [-0.2, 0) is 19.2 Å². The standard InChI is InChI=1S/C32H48N6O6/c1-4-38-17-10-11-22(38)20-34-29(41)24-19-26(39)37-32(14-8-5-9-15-32)31(43)36-27(21(2)3)30(42)33-16-18-44-25-13-7-6-12-23(25)28(40)35-24/h6-7,12-13,21-22,24,27H,4-5,8-11,14-20H2,1-3H3,(H,33,42)(H,34,41)(H,35,40)(H,36,43)(H,37,39)/t22-,24-,27+/m0/s1. The summed E-state index contributed by atoms with van der Waals surface area (Å²) in [4.78, 5) is 69.9. The summed E-state index contributed by atoms with van der Waals surface area (Å²) in [5.41, 5.74) is -1.02. The second-order valence-electron chi connectivity index (χ2n) is 12.4. The molecule has 2 fully saturated rings. The normalized spacial score (nSPS) is 25.6. The van der Waals surface area contributed by atoms with Gasteiger partial charge >= 0.3 is 0 Å². The van der Waals surface area contributed by atoms with E-state index in [0.717, 1.165) is 45.2 Å². The number of hydrogen-bond acceptors (Lipinski definition) is 7. The molecular weight excluding hydrogens is 564 g/mol. The zero-order chi connectivity index (χ0) is 31.7. The van der Waals surface area contributed by atoms with E-state index in [4.69, 9.17) is 4.74 Å². The Morgan fingerprint density at radius 3 is 2.55 bits per heavy atom. The predicted octanol–water partition coefficient (Wildman–Crippen LogP) is 1.24. The SMILES string of the molecule is CCN1CCC[C@H]1CNC(=O)[C@@H]1CC(=O)NC2(CCCCC2)C(=O)N[C@H](C(C)C)C(=O)NCCOc2ccccc2C(=O)N1. The van der Waals surface area contributed by atoms with Crippen molar-refractivity contribution in [2.75, 3.05) is 32.8 Å². The predicted molar refractivity (Wildman–Crippen MR) is 165 cm³/mol. The van der Waals surface area contributed by atoms with Crippen molar-refractivity contribution in [1.29, 1.82) is 0 Å². The number of para-hydroxylation sites is 1. The molecule has 1 saturated heterocycles. The fourth-order valence-corrected chi connectivity index (χ4v) is 6.44. The van der Waals surface area contributed by atoms with Crippen molar-refractivity contribution in [3.8, 4) is 5.75 Å². The highest BCUT2D eigenvalue weighted by Gasteiger charge is 2.43. The summed E-state index contributed by atoms with van der Waals surface area (Å²) in [7, 11) is 0. The number of ether oxygens (including phenoxy) is 1. The Hall–Kier alpha value is -3.67. The molecule has 1 aliphatic carbocycles. The summed E-state index contributed by atoms with van der Waals surface area (Å²) in [6, 6.07) is 4.82. The van der Waals surface area contributed by atoms with Gasteiger partial charge in [-0.15, -0.1) is 0 Å². The molecule has 3 aliphatic rings. The summed E-state index contributed by atoms with van der Waals surface area (Å²) in [6.45, 7) is 8.26. The number of fused-ring (bicyclic) bond motifs is 1. The Morgan fingerprint density at radius 2 is 1.82 bits per heavy atom. The maximum atomic E-state index is 13.8. The van der Waals surface area contributed by atoms with Crippen molar-refractivity contribution >= 4 is 29.5 Å². The molecule has 1 saturated carbocycles. The molecule has 0 radical (unpaired) electrons. The van der Waals surface area contributed by atoms with Crippen LogP contribution in [0.25, 0.3) is 0 Å². The van der Waals surface area contributed by atoms with Crippen molar-refractivity contribution < 1.29 is 28.7 Å². The molecule has 12 nitrogen and oxygen atoms in total. The number of likely N-dealkylation sites (tertiary alicyclic amines) is 1. The van der Waals surface area contributed by atoms with Gasteiger partial charge in [-0.2, -0.15) is 0 Å². The average molecular weight is 613 g/mol. The zero-order valence-electron chi connectivity index (χ0n) is 26.2. The van der Waals surface area contributed by atoms with Gasteiger partial charge in [0.1, 0.15) is 30.0 Å². The van der Waals surface area contributed by atoms with E-state index in [1.165, 1.54) is 0 Å². The Morgan fingerprint density at radius 1 is 1.07 bits per heavy atom. The summed E-state index contributed by atoms with van der Waals surface area (Å²) in [5.74, 6) is -2.27. The first-order valence-corrected chi connectivity index (χ1v) is 16.1. The van der Waals surface area contributed by atoms with Gasteiger partial charge in [-0.3, -0.25) is 28.9 Å². The molecule has 5 amide bonds. The molecule has 242 valence electrons. The lowest BCUT2D eigenvalue weighted by Crippen LogP contribution is -2.64. The molecule has 5 N–H and O–H groups in total. The maximum absolute atomic E-state index is 13.8. The van der Waals surface area contributed by atoms with Gasteiger partial charge in [-0.1, -0.05) is 52.2 Å². The molecule has 1 spiro atoms. The lowest BCUT2D eigenvalue weighted by atomic mass is 9.80. The summed E-state index contributed by atoms with van der Waals surface area (Å²) >= 11 is 0. The van der Waals surface area contributed by atoms with Crippen molar-refractivity contribution in [2.45, 2.75) is 95.8 Å². The van der Waals surface area contributed by atoms with Crippen LogP contribution < -0.4 is 31.3 Å². The summed E-state index contributed by atoms with van der Waals surface area (Å²) < 4.78 is 5.85. The zero-order valence-corrected chi connectivity index (χ0v) is 26.2. The van der Waals surface area contributed by atoms with E-state index < -0.39 is 41.3 Å². The van der Waals surface area contributed by atoms with Gasteiger partial charge in [0.05, 0.1) is 18.5 Å². The topological polar surface area (TPSA) is 158 Å². The van der Waals surface area contributed by atoms with E-state index >= 15 is 0 Å². The average Bonchev–Trinajstić information content (AvgIpc) is 3.47. The van der Waals surface area contributed by atoms with Gasteiger partial charge in [-0.05, 0) is 56.8 Å². The number of nitrogens with zero attached hydrogens (tertiary/aromatic N) is 1. The fourth-order valence-electron chi connectivity index (χ4n) is 6.44. The maximum Gasteiger partial charge on any atom is 0.255 e. The minimum atomic E-state index is -1.22. The molecule has 0 aromatic heterocycles. The van der Waals surface area contributed by atoms with Gasteiger partial charge in [0.2, 0.25) is 23.6 Å². The third-order valence-electron chi connectivity index (χ3n) is 8.98. The number of likely N-dealkylation sites (N-methyl/N-ethyl adjacent to an activating group) is 1. The first-order chi connectivity index (χ1) is 21.1. The van der Waals surface area contributed by atoms with E-state index in [1.54, 1.807) is 24.3 Å². The number of benzene rings is 1. The molecule has 12 heteroatoms. The first kappa shape index (κ1) is 33.2. The third-order valence-corrected chi connectivity index (χ3v) is 8.98.